The average Bonchev–Trinajstić information content (AvgIpc) is 3.20. The third kappa shape index (κ3) is 4.01. The highest BCUT2D eigenvalue weighted by atomic mass is 16.5. The minimum atomic E-state index is -0.132. The number of hydrogen-bond donors (Lipinski definition) is 2. The maximum absolute atomic E-state index is 12.4. The molecule has 6 fully saturated rings. The van der Waals surface area contributed by atoms with E-state index in [0.29, 0.717) is 5.54 Å². The number of esters is 1. The lowest BCUT2D eigenvalue weighted by Gasteiger charge is -2.57. The van der Waals surface area contributed by atoms with Gasteiger partial charge in [-0.3, -0.25) is 4.79 Å². The highest BCUT2D eigenvalue weighted by molar-refractivity contribution is 5.75. The lowest BCUT2D eigenvalue weighted by molar-refractivity contribution is -0.143. The Kier molecular flexibility index (Phi) is 5.70. The van der Waals surface area contributed by atoms with E-state index in [-0.39, 0.29) is 12.0 Å². The van der Waals surface area contributed by atoms with Crippen LogP contribution in [-0.2, 0) is 9.53 Å². The molecular weight excluding hydrogens is 360 g/mol. The maximum atomic E-state index is 12.4. The zero-order valence-corrected chi connectivity index (χ0v) is 18.6. The second-order valence-corrected chi connectivity index (χ2v) is 11.6. The van der Waals surface area contributed by atoms with Gasteiger partial charge in [-0.1, -0.05) is 6.92 Å². The summed E-state index contributed by atoms with van der Waals surface area (Å²) >= 11 is 0. The summed E-state index contributed by atoms with van der Waals surface area (Å²) in [5.74, 6) is 6.36. The largest absolute Gasteiger partial charge is 0.468 e. The van der Waals surface area contributed by atoms with Crippen LogP contribution in [0.2, 0.25) is 0 Å². The fraction of sp³-hybridized carbons (Fsp3) is 0.960. The Morgan fingerprint density at radius 3 is 2.31 bits per heavy atom. The van der Waals surface area contributed by atoms with Gasteiger partial charge < -0.3 is 15.4 Å². The van der Waals surface area contributed by atoms with E-state index in [2.05, 4.69) is 17.6 Å². The third-order valence-corrected chi connectivity index (χ3v) is 9.82. The Bertz CT molecular complexity index is 570. The molecule has 0 heterocycles. The van der Waals surface area contributed by atoms with Crippen LogP contribution in [0.25, 0.3) is 0 Å². The van der Waals surface area contributed by atoms with Crippen LogP contribution < -0.4 is 10.6 Å². The molecule has 6 rings (SSSR count). The van der Waals surface area contributed by atoms with Crippen molar-refractivity contribution in [2.24, 2.45) is 41.4 Å². The molecule has 2 N–H and O–H groups in total. The molecule has 0 aromatic heterocycles. The van der Waals surface area contributed by atoms with Crippen molar-refractivity contribution in [3.63, 3.8) is 0 Å². The van der Waals surface area contributed by atoms with Crippen LogP contribution in [0.15, 0.2) is 0 Å². The summed E-state index contributed by atoms with van der Waals surface area (Å²) in [5, 5.41) is 7.59. The van der Waals surface area contributed by atoms with E-state index >= 15 is 0 Å². The van der Waals surface area contributed by atoms with Gasteiger partial charge >= 0.3 is 5.97 Å². The van der Waals surface area contributed by atoms with Crippen molar-refractivity contribution in [1.29, 1.82) is 0 Å². The van der Waals surface area contributed by atoms with Gasteiger partial charge in [0.15, 0.2) is 0 Å². The number of nitrogens with one attached hydrogen (secondary N) is 2. The fourth-order valence-corrected chi connectivity index (χ4v) is 8.80. The second-order valence-electron chi connectivity index (χ2n) is 11.6. The van der Waals surface area contributed by atoms with Crippen LogP contribution in [0.1, 0.15) is 77.6 Å². The van der Waals surface area contributed by atoms with Crippen molar-refractivity contribution in [3.05, 3.63) is 0 Å². The Labute approximate surface area is 177 Å². The molecule has 0 radical (unpaired) electrons. The van der Waals surface area contributed by atoms with E-state index in [4.69, 9.17) is 4.74 Å². The van der Waals surface area contributed by atoms with Crippen LogP contribution in [0.5, 0.6) is 0 Å². The molecule has 0 aromatic rings. The SMILES string of the molecule is COC(=O)[C@H](CCCNC12CC3CC(CC(C3)C1)C2)NCC1CC2CCC1[C@@H]2C. The summed E-state index contributed by atoms with van der Waals surface area (Å²) in [7, 11) is 1.53. The third-order valence-electron chi connectivity index (χ3n) is 9.82. The smallest absolute Gasteiger partial charge is 0.322 e. The molecule has 6 saturated carbocycles. The lowest BCUT2D eigenvalue weighted by atomic mass is 9.53. The minimum absolute atomic E-state index is 0.0731. The molecule has 5 atom stereocenters. The predicted molar refractivity (Wildman–Crippen MR) is 115 cm³/mol. The first-order valence-electron chi connectivity index (χ1n) is 12.6. The summed E-state index contributed by atoms with van der Waals surface area (Å²) in [6.45, 7) is 4.48. The first-order chi connectivity index (χ1) is 14.0. The highest BCUT2D eigenvalue weighted by Crippen LogP contribution is 2.55. The molecule has 6 aliphatic carbocycles. The molecular formula is C25H42N2O2. The van der Waals surface area contributed by atoms with E-state index < -0.39 is 0 Å². The van der Waals surface area contributed by atoms with Gasteiger partial charge in [-0.15, -0.1) is 0 Å². The van der Waals surface area contributed by atoms with Gasteiger partial charge in [0.25, 0.3) is 0 Å². The summed E-state index contributed by atoms with van der Waals surface area (Å²) in [4.78, 5) is 12.4. The Hall–Kier alpha value is -0.610. The number of ether oxygens (including phenoxy) is 1. The second kappa shape index (κ2) is 8.15. The highest BCUT2D eigenvalue weighted by Gasteiger charge is 2.50. The van der Waals surface area contributed by atoms with E-state index in [9.17, 15) is 4.79 Å². The molecule has 0 spiro atoms. The number of methoxy groups -OCH3 is 1. The van der Waals surface area contributed by atoms with Crippen LogP contribution in [0.4, 0.5) is 0 Å². The quantitative estimate of drug-likeness (QED) is 0.450. The molecule has 0 aliphatic heterocycles. The van der Waals surface area contributed by atoms with E-state index in [0.717, 1.165) is 67.4 Å². The standard InChI is InChI=1S/C25H42N2O2/c1-16-20-5-6-22(16)21(11-20)15-26-23(24(28)29-2)4-3-7-27-25-12-17-8-18(13-25)10-19(9-17)14-25/h16-23,26-27H,3-15H2,1-2H3/t16-,17?,18?,19?,20?,21?,22?,23+,25?/m1/s1. The Balaban J connectivity index is 1.08. The van der Waals surface area contributed by atoms with Crippen LogP contribution in [0.3, 0.4) is 0 Å². The van der Waals surface area contributed by atoms with Crippen molar-refractivity contribution >= 4 is 5.97 Å². The number of fused-ring (bicyclic) bond motifs is 2. The summed E-state index contributed by atoms with van der Waals surface area (Å²) in [5.41, 5.74) is 0.433. The molecule has 6 aliphatic rings. The molecule has 0 amide bonds. The first-order valence-corrected chi connectivity index (χ1v) is 12.6. The Morgan fingerprint density at radius 2 is 1.76 bits per heavy atom. The minimum Gasteiger partial charge on any atom is -0.468 e. The topological polar surface area (TPSA) is 50.4 Å². The van der Waals surface area contributed by atoms with Crippen molar-refractivity contribution in [2.45, 2.75) is 89.1 Å². The van der Waals surface area contributed by atoms with Gasteiger partial charge in [0.05, 0.1) is 7.11 Å². The van der Waals surface area contributed by atoms with Gasteiger partial charge in [0.1, 0.15) is 6.04 Å². The number of carbonyl (C=O) groups is 1. The van der Waals surface area contributed by atoms with Crippen LogP contribution >= 0.6 is 0 Å². The molecule has 3 unspecified atom stereocenters. The van der Waals surface area contributed by atoms with Crippen molar-refractivity contribution in [2.75, 3.05) is 20.2 Å². The molecule has 0 saturated heterocycles. The molecule has 164 valence electrons. The normalized spacial score (nSPS) is 45.7. The molecule has 0 aromatic carbocycles. The average molecular weight is 403 g/mol. The van der Waals surface area contributed by atoms with Gasteiger partial charge in [-0.25, -0.2) is 0 Å². The number of hydrogen-bond acceptors (Lipinski definition) is 4. The van der Waals surface area contributed by atoms with Gasteiger partial charge in [-0.05, 0) is 125 Å². The van der Waals surface area contributed by atoms with E-state index in [1.807, 2.05) is 0 Å². The zero-order valence-electron chi connectivity index (χ0n) is 18.6. The Morgan fingerprint density at radius 1 is 1.07 bits per heavy atom. The van der Waals surface area contributed by atoms with Crippen LogP contribution in [0, 0.1) is 41.4 Å². The molecule has 4 heteroatoms. The maximum Gasteiger partial charge on any atom is 0.322 e. The molecule has 6 bridgehead atoms. The van der Waals surface area contributed by atoms with Crippen molar-refractivity contribution in [3.8, 4) is 0 Å². The summed E-state index contributed by atoms with van der Waals surface area (Å²) < 4.78 is 5.12. The first kappa shape index (κ1) is 20.3. The zero-order chi connectivity index (χ0) is 20.0. The van der Waals surface area contributed by atoms with Gasteiger partial charge in [0.2, 0.25) is 0 Å². The lowest BCUT2D eigenvalue weighted by Crippen LogP contribution is -2.58. The summed E-state index contributed by atoms with van der Waals surface area (Å²) in [6, 6.07) is -0.132. The number of carbonyl (C=O) groups excluding carboxylic acids is 1. The van der Waals surface area contributed by atoms with Gasteiger partial charge in [0, 0.05) is 5.54 Å². The monoisotopic (exact) mass is 402 g/mol. The fourth-order valence-electron chi connectivity index (χ4n) is 8.80. The van der Waals surface area contributed by atoms with E-state index in [1.165, 1.54) is 64.9 Å². The van der Waals surface area contributed by atoms with Crippen molar-refractivity contribution < 1.29 is 9.53 Å². The molecule has 29 heavy (non-hydrogen) atoms. The van der Waals surface area contributed by atoms with Crippen LogP contribution in [-0.4, -0.2) is 37.7 Å². The predicted octanol–water partition coefficient (Wildman–Crippen LogP) is 4.14. The number of rotatable bonds is 9. The molecule has 4 nitrogen and oxygen atoms in total. The van der Waals surface area contributed by atoms with Crippen molar-refractivity contribution in [1.82, 2.24) is 10.6 Å². The van der Waals surface area contributed by atoms with E-state index in [1.54, 1.807) is 0 Å². The van der Waals surface area contributed by atoms with Gasteiger partial charge in [-0.2, -0.15) is 0 Å². The summed E-state index contributed by atoms with van der Waals surface area (Å²) in [6.07, 6.45) is 14.8.